The molecular formula is C20H18N2O. The first-order chi connectivity index (χ1) is 11.3. The number of hydrogen-bond donors (Lipinski definition) is 1. The summed E-state index contributed by atoms with van der Waals surface area (Å²) in [7, 11) is 0. The normalized spacial score (nSPS) is 13.9. The molecule has 0 aliphatic heterocycles. The van der Waals surface area contributed by atoms with Crippen LogP contribution in [0.3, 0.4) is 0 Å². The van der Waals surface area contributed by atoms with Crippen LogP contribution in [0.15, 0.2) is 71.9 Å². The van der Waals surface area contributed by atoms with Gasteiger partial charge < -0.3 is 5.32 Å². The van der Waals surface area contributed by atoms with Crippen LogP contribution in [0.1, 0.15) is 36.3 Å². The minimum atomic E-state index is -0.370. The molecule has 1 aliphatic carbocycles. The smallest absolute Gasteiger partial charge is 0.236 e. The lowest BCUT2D eigenvalue weighted by atomic mass is 9.90. The second-order valence-electron chi connectivity index (χ2n) is 5.67. The molecular weight excluding hydrogens is 284 g/mol. The van der Waals surface area contributed by atoms with E-state index >= 15 is 0 Å². The predicted molar refractivity (Wildman–Crippen MR) is 89.4 cm³/mol. The van der Waals surface area contributed by atoms with Crippen molar-refractivity contribution in [2.45, 2.75) is 25.2 Å². The highest BCUT2D eigenvalue weighted by Gasteiger charge is 2.25. The van der Waals surface area contributed by atoms with Gasteiger partial charge in [0.1, 0.15) is 0 Å². The number of allylic oxidation sites excluding steroid dienone is 2. The van der Waals surface area contributed by atoms with Gasteiger partial charge in [0, 0.05) is 11.3 Å². The third-order valence-electron chi connectivity index (χ3n) is 4.15. The second kappa shape index (κ2) is 6.93. The van der Waals surface area contributed by atoms with Crippen molar-refractivity contribution in [2.75, 3.05) is 0 Å². The number of benzene rings is 2. The molecule has 1 amide bonds. The van der Waals surface area contributed by atoms with Gasteiger partial charge in [-0.15, -0.1) is 0 Å². The van der Waals surface area contributed by atoms with E-state index in [1.54, 1.807) is 0 Å². The fraction of sp³-hybridized carbons (Fsp3) is 0.200. The largest absolute Gasteiger partial charge is 0.328 e. The number of nitriles is 1. The predicted octanol–water partition coefficient (Wildman–Crippen LogP) is 3.90. The van der Waals surface area contributed by atoms with E-state index < -0.39 is 0 Å². The minimum absolute atomic E-state index is 0.0768. The molecule has 0 heterocycles. The number of amides is 1. The molecule has 0 fully saturated rings. The maximum atomic E-state index is 12.9. The zero-order valence-corrected chi connectivity index (χ0v) is 12.8. The van der Waals surface area contributed by atoms with Crippen LogP contribution < -0.4 is 5.32 Å². The van der Waals surface area contributed by atoms with Crippen molar-refractivity contribution in [3.05, 3.63) is 83.1 Å². The Morgan fingerprint density at radius 1 is 0.957 bits per heavy atom. The average Bonchev–Trinajstić information content (AvgIpc) is 3.04. The Hall–Kier alpha value is -2.86. The molecule has 0 aromatic heterocycles. The summed E-state index contributed by atoms with van der Waals surface area (Å²) >= 11 is 0. The molecule has 3 rings (SSSR count). The van der Waals surface area contributed by atoms with E-state index in [0.717, 1.165) is 36.1 Å². The van der Waals surface area contributed by atoms with Gasteiger partial charge in [-0.1, -0.05) is 60.7 Å². The first-order valence-corrected chi connectivity index (χ1v) is 7.82. The van der Waals surface area contributed by atoms with Crippen LogP contribution in [0, 0.1) is 11.3 Å². The first kappa shape index (κ1) is 15.1. The molecule has 0 saturated heterocycles. The third-order valence-corrected chi connectivity index (χ3v) is 4.15. The molecule has 0 bridgehead atoms. The van der Waals surface area contributed by atoms with Crippen molar-refractivity contribution in [1.29, 1.82) is 5.26 Å². The van der Waals surface area contributed by atoms with Crippen molar-refractivity contribution >= 4 is 5.91 Å². The maximum absolute atomic E-state index is 12.9. The Morgan fingerprint density at radius 3 is 2.04 bits per heavy atom. The molecule has 2 aromatic carbocycles. The first-order valence-electron chi connectivity index (χ1n) is 7.82. The lowest BCUT2D eigenvalue weighted by Gasteiger charge is -2.18. The van der Waals surface area contributed by atoms with Crippen LogP contribution in [-0.4, -0.2) is 5.91 Å². The van der Waals surface area contributed by atoms with Crippen LogP contribution in [0.2, 0.25) is 0 Å². The highest BCUT2D eigenvalue weighted by Crippen LogP contribution is 2.28. The molecule has 0 radical (unpaired) electrons. The van der Waals surface area contributed by atoms with Gasteiger partial charge in [0.25, 0.3) is 0 Å². The average molecular weight is 302 g/mol. The molecule has 0 atom stereocenters. The zero-order chi connectivity index (χ0) is 16.1. The number of carbonyl (C=O) groups is 1. The molecule has 2 aromatic rings. The number of carbonyl (C=O) groups excluding carboxylic acids is 1. The minimum Gasteiger partial charge on any atom is -0.328 e. The van der Waals surface area contributed by atoms with Crippen LogP contribution >= 0.6 is 0 Å². The van der Waals surface area contributed by atoms with Crippen LogP contribution in [0.4, 0.5) is 0 Å². The van der Waals surface area contributed by atoms with Gasteiger partial charge in [-0.2, -0.15) is 5.26 Å². The fourth-order valence-electron chi connectivity index (χ4n) is 3.01. The number of hydrogen-bond acceptors (Lipinski definition) is 2. The molecule has 0 spiro atoms. The molecule has 1 N–H and O–H groups in total. The van der Waals surface area contributed by atoms with Crippen LogP contribution in [-0.2, 0) is 4.79 Å². The Morgan fingerprint density at radius 2 is 1.52 bits per heavy atom. The van der Waals surface area contributed by atoms with Crippen LogP contribution in [0.5, 0.6) is 0 Å². The summed E-state index contributed by atoms with van der Waals surface area (Å²) in [6, 6.07) is 21.7. The summed E-state index contributed by atoms with van der Waals surface area (Å²) in [4.78, 5) is 12.9. The Balaban J connectivity index is 1.93. The second-order valence-corrected chi connectivity index (χ2v) is 5.67. The summed E-state index contributed by atoms with van der Waals surface area (Å²) in [6.45, 7) is 0. The lowest BCUT2D eigenvalue weighted by molar-refractivity contribution is -0.121. The Bertz CT molecular complexity index is 718. The van der Waals surface area contributed by atoms with Crippen molar-refractivity contribution in [3.8, 4) is 6.07 Å². The van der Waals surface area contributed by atoms with Crippen molar-refractivity contribution in [2.24, 2.45) is 0 Å². The lowest BCUT2D eigenvalue weighted by Crippen LogP contribution is -2.29. The Kier molecular flexibility index (Phi) is 4.54. The number of nitrogens with zero attached hydrogens (tertiary/aromatic N) is 1. The van der Waals surface area contributed by atoms with Gasteiger partial charge in [-0.05, 0) is 30.4 Å². The summed E-state index contributed by atoms with van der Waals surface area (Å²) in [6.07, 6.45) is 2.46. The molecule has 0 saturated carbocycles. The molecule has 3 heteroatoms. The topological polar surface area (TPSA) is 52.9 Å². The summed E-state index contributed by atoms with van der Waals surface area (Å²) in [5.41, 5.74) is 3.40. The fourth-order valence-corrected chi connectivity index (χ4v) is 3.01. The van der Waals surface area contributed by atoms with E-state index in [9.17, 15) is 4.79 Å². The molecule has 0 unspecified atom stereocenters. The zero-order valence-electron chi connectivity index (χ0n) is 12.8. The van der Waals surface area contributed by atoms with E-state index in [2.05, 4.69) is 11.4 Å². The van der Waals surface area contributed by atoms with Crippen molar-refractivity contribution < 1.29 is 4.79 Å². The van der Waals surface area contributed by atoms with Gasteiger partial charge in [-0.3, -0.25) is 4.79 Å². The van der Waals surface area contributed by atoms with Gasteiger partial charge in [0.2, 0.25) is 5.91 Å². The van der Waals surface area contributed by atoms with Gasteiger partial charge in [-0.25, -0.2) is 0 Å². The Labute approximate surface area is 136 Å². The van der Waals surface area contributed by atoms with Crippen LogP contribution in [0.25, 0.3) is 0 Å². The number of rotatable bonds is 4. The molecule has 23 heavy (non-hydrogen) atoms. The third kappa shape index (κ3) is 3.32. The summed E-state index contributed by atoms with van der Waals surface area (Å²) in [5.74, 6) is -0.447. The maximum Gasteiger partial charge on any atom is 0.236 e. The van der Waals surface area contributed by atoms with Gasteiger partial charge in [0.15, 0.2) is 0 Å². The summed E-state index contributed by atoms with van der Waals surface area (Å²) in [5, 5.41) is 12.2. The SMILES string of the molecule is N#CC1=C(NC(=O)C(c2ccccc2)c2ccccc2)CCC1. The van der Waals surface area contributed by atoms with E-state index in [0.29, 0.717) is 5.57 Å². The number of nitrogens with one attached hydrogen (secondary N) is 1. The monoisotopic (exact) mass is 302 g/mol. The summed E-state index contributed by atoms with van der Waals surface area (Å²) < 4.78 is 0. The van der Waals surface area contributed by atoms with E-state index in [4.69, 9.17) is 5.26 Å². The standard InChI is InChI=1S/C20H18N2O/c21-14-17-12-7-13-18(17)22-20(23)19(15-8-3-1-4-9-15)16-10-5-2-6-11-16/h1-6,8-11,19H,7,12-13H2,(H,22,23). The van der Waals surface area contributed by atoms with E-state index in [1.165, 1.54) is 0 Å². The van der Waals surface area contributed by atoms with E-state index in [-0.39, 0.29) is 11.8 Å². The quantitative estimate of drug-likeness (QED) is 0.931. The van der Waals surface area contributed by atoms with E-state index in [1.807, 2.05) is 60.7 Å². The van der Waals surface area contributed by atoms with Crippen molar-refractivity contribution in [1.82, 2.24) is 5.32 Å². The van der Waals surface area contributed by atoms with Gasteiger partial charge in [0.05, 0.1) is 12.0 Å². The van der Waals surface area contributed by atoms with Gasteiger partial charge >= 0.3 is 0 Å². The molecule has 114 valence electrons. The highest BCUT2D eigenvalue weighted by molar-refractivity contribution is 5.88. The molecule has 1 aliphatic rings. The van der Waals surface area contributed by atoms with Crippen molar-refractivity contribution in [3.63, 3.8) is 0 Å². The highest BCUT2D eigenvalue weighted by atomic mass is 16.1. The molecule has 3 nitrogen and oxygen atoms in total.